The predicted molar refractivity (Wildman–Crippen MR) is 102 cm³/mol. The van der Waals surface area contributed by atoms with Crippen LogP contribution in [0.15, 0.2) is 29.2 Å². The summed E-state index contributed by atoms with van der Waals surface area (Å²) in [5.74, 6) is -1.17. The number of amides is 1. The summed E-state index contributed by atoms with van der Waals surface area (Å²) in [6.07, 6.45) is 2.18. The van der Waals surface area contributed by atoms with Crippen LogP contribution in [0.5, 0.6) is 0 Å². The Balaban J connectivity index is 2.11. The summed E-state index contributed by atoms with van der Waals surface area (Å²) >= 11 is 0. The van der Waals surface area contributed by atoms with Gasteiger partial charge in [-0.15, -0.1) is 0 Å². The van der Waals surface area contributed by atoms with Gasteiger partial charge in [-0.3, -0.25) is 4.79 Å². The highest BCUT2D eigenvalue weighted by atomic mass is 32.2. The minimum Gasteiger partial charge on any atom is -0.480 e. The van der Waals surface area contributed by atoms with Gasteiger partial charge in [0.05, 0.1) is 4.90 Å². The molecule has 1 aromatic rings. The molecule has 7 nitrogen and oxygen atoms in total. The average Bonchev–Trinajstić information content (AvgIpc) is 2.60. The zero-order chi connectivity index (χ0) is 20.2. The number of rotatable bonds is 7. The van der Waals surface area contributed by atoms with Crippen molar-refractivity contribution in [2.45, 2.75) is 51.0 Å². The van der Waals surface area contributed by atoms with Crippen LogP contribution in [0, 0.1) is 11.8 Å². The average molecular weight is 397 g/mol. The lowest BCUT2D eigenvalue weighted by Gasteiger charge is -2.30. The van der Waals surface area contributed by atoms with Crippen molar-refractivity contribution in [1.82, 2.24) is 9.62 Å². The molecular weight excluding hydrogens is 368 g/mol. The number of sulfonamides is 1. The first kappa shape index (κ1) is 21.4. The number of aliphatic carboxylic acids is 1. The molecule has 0 aromatic heterocycles. The van der Waals surface area contributed by atoms with E-state index < -0.39 is 27.9 Å². The smallest absolute Gasteiger partial charge is 0.326 e. The summed E-state index contributed by atoms with van der Waals surface area (Å²) in [7, 11) is -3.58. The van der Waals surface area contributed by atoms with Gasteiger partial charge in [-0.05, 0) is 55.4 Å². The van der Waals surface area contributed by atoms with Gasteiger partial charge in [-0.1, -0.05) is 20.8 Å². The number of nitrogens with zero attached hydrogens (tertiary/aromatic N) is 1. The first-order chi connectivity index (χ1) is 12.6. The van der Waals surface area contributed by atoms with Crippen molar-refractivity contribution in [3.8, 4) is 0 Å². The van der Waals surface area contributed by atoms with Gasteiger partial charge in [-0.2, -0.15) is 4.31 Å². The summed E-state index contributed by atoms with van der Waals surface area (Å²) in [5.41, 5.74) is 0.232. The number of benzene rings is 1. The molecule has 0 radical (unpaired) electrons. The molecule has 150 valence electrons. The van der Waals surface area contributed by atoms with Crippen molar-refractivity contribution in [3.63, 3.8) is 0 Å². The van der Waals surface area contributed by atoms with Crippen LogP contribution >= 0.6 is 0 Å². The lowest BCUT2D eigenvalue weighted by Crippen LogP contribution is -2.41. The molecule has 1 aromatic carbocycles. The summed E-state index contributed by atoms with van der Waals surface area (Å²) in [6, 6.07) is 4.67. The van der Waals surface area contributed by atoms with Gasteiger partial charge in [-0.25, -0.2) is 13.2 Å². The quantitative estimate of drug-likeness (QED) is 0.736. The number of carboxylic acid groups (broad SMARTS) is 1. The lowest BCUT2D eigenvalue weighted by atomic mass is 10.0. The molecule has 0 saturated carbocycles. The molecular formula is C19H28N2O5S. The van der Waals surface area contributed by atoms with Crippen molar-refractivity contribution >= 4 is 21.9 Å². The third-order valence-corrected chi connectivity index (χ3v) is 6.56. The van der Waals surface area contributed by atoms with Gasteiger partial charge in [0, 0.05) is 18.7 Å². The van der Waals surface area contributed by atoms with Gasteiger partial charge >= 0.3 is 5.97 Å². The van der Waals surface area contributed by atoms with E-state index in [4.69, 9.17) is 0 Å². The molecule has 2 unspecified atom stereocenters. The Labute approximate surface area is 160 Å². The minimum absolute atomic E-state index is 0.117. The van der Waals surface area contributed by atoms with Crippen LogP contribution in [0.2, 0.25) is 0 Å². The van der Waals surface area contributed by atoms with Crippen LogP contribution in [0.3, 0.4) is 0 Å². The Morgan fingerprint density at radius 2 is 1.89 bits per heavy atom. The Morgan fingerprint density at radius 3 is 2.41 bits per heavy atom. The molecule has 1 aliphatic heterocycles. The molecule has 1 fully saturated rings. The Bertz CT molecular complexity index is 774. The van der Waals surface area contributed by atoms with Crippen LogP contribution in [-0.2, 0) is 14.8 Å². The van der Waals surface area contributed by atoms with Gasteiger partial charge in [0.1, 0.15) is 6.04 Å². The van der Waals surface area contributed by atoms with Crippen LogP contribution in [0.25, 0.3) is 0 Å². The van der Waals surface area contributed by atoms with E-state index in [9.17, 15) is 23.1 Å². The first-order valence-corrected chi connectivity index (χ1v) is 10.7. The van der Waals surface area contributed by atoms with E-state index in [-0.39, 0.29) is 16.4 Å². The maximum Gasteiger partial charge on any atom is 0.326 e. The minimum atomic E-state index is -3.58. The van der Waals surface area contributed by atoms with E-state index in [1.165, 1.54) is 28.6 Å². The molecule has 0 aliphatic carbocycles. The standard InChI is InChI=1S/C19H28N2O5S/c1-13(2)11-17(19(23)24)20-18(22)15-6-8-16(9-7-15)27(25,26)21-10-4-5-14(3)12-21/h6-9,13-14,17H,4-5,10-12H2,1-3H3,(H,20,22)(H,23,24). The van der Waals surface area contributed by atoms with E-state index in [0.717, 1.165) is 12.8 Å². The van der Waals surface area contributed by atoms with Gasteiger partial charge in [0.2, 0.25) is 10.0 Å². The molecule has 0 bridgehead atoms. The highest BCUT2D eigenvalue weighted by molar-refractivity contribution is 7.89. The topological polar surface area (TPSA) is 104 Å². The molecule has 0 spiro atoms. The molecule has 1 amide bonds. The van der Waals surface area contributed by atoms with E-state index in [1.54, 1.807) is 0 Å². The zero-order valence-electron chi connectivity index (χ0n) is 16.0. The monoisotopic (exact) mass is 396 g/mol. The largest absolute Gasteiger partial charge is 0.480 e. The SMILES string of the molecule is CC(C)CC(NC(=O)c1ccc(S(=O)(=O)N2CCCC(C)C2)cc1)C(=O)O. The molecule has 1 heterocycles. The second kappa shape index (κ2) is 8.84. The fourth-order valence-electron chi connectivity index (χ4n) is 3.23. The van der Waals surface area contributed by atoms with Crippen molar-refractivity contribution < 1.29 is 23.1 Å². The molecule has 2 rings (SSSR count). The van der Waals surface area contributed by atoms with Crippen LogP contribution in [0.4, 0.5) is 0 Å². The molecule has 1 aliphatic rings. The van der Waals surface area contributed by atoms with E-state index in [1.807, 2.05) is 20.8 Å². The summed E-state index contributed by atoms with van der Waals surface area (Å²) in [4.78, 5) is 23.7. The van der Waals surface area contributed by atoms with Crippen LogP contribution < -0.4 is 5.32 Å². The van der Waals surface area contributed by atoms with Gasteiger partial charge in [0.15, 0.2) is 0 Å². The highest BCUT2D eigenvalue weighted by Gasteiger charge is 2.29. The Hall–Kier alpha value is -1.93. The van der Waals surface area contributed by atoms with Crippen molar-refractivity contribution in [3.05, 3.63) is 29.8 Å². The predicted octanol–water partition coefficient (Wildman–Crippen LogP) is 2.34. The number of carbonyl (C=O) groups is 2. The number of hydrogen-bond acceptors (Lipinski definition) is 4. The van der Waals surface area contributed by atoms with Gasteiger partial charge < -0.3 is 10.4 Å². The van der Waals surface area contributed by atoms with Crippen LogP contribution in [0.1, 0.15) is 50.4 Å². The zero-order valence-corrected chi connectivity index (χ0v) is 16.8. The number of piperidine rings is 1. The molecule has 2 atom stereocenters. The third kappa shape index (κ3) is 5.52. The normalized spacial score (nSPS) is 19.6. The Morgan fingerprint density at radius 1 is 1.26 bits per heavy atom. The fourth-order valence-corrected chi connectivity index (χ4v) is 4.82. The second-order valence-corrected chi connectivity index (χ2v) is 9.57. The first-order valence-electron chi connectivity index (χ1n) is 9.25. The number of hydrogen-bond donors (Lipinski definition) is 2. The number of carbonyl (C=O) groups excluding carboxylic acids is 1. The maximum absolute atomic E-state index is 12.7. The van der Waals surface area contributed by atoms with Crippen molar-refractivity contribution in [2.75, 3.05) is 13.1 Å². The molecule has 1 saturated heterocycles. The maximum atomic E-state index is 12.7. The van der Waals surface area contributed by atoms with Crippen molar-refractivity contribution in [1.29, 1.82) is 0 Å². The van der Waals surface area contributed by atoms with Crippen LogP contribution in [-0.4, -0.2) is 48.8 Å². The summed E-state index contributed by atoms with van der Waals surface area (Å²) < 4.78 is 27.0. The lowest BCUT2D eigenvalue weighted by molar-refractivity contribution is -0.139. The number of nitrogens with one attached hydrogen (secondary N) is 1. The fraction of sp³-hybridized carbons (Fsp3) is 0.579. The Kier molecular flexibility index (Phi) is 7.00. The molecule has 2 N–H and O–H groups in total. The van der Waals surface area contributed by atoms with E-state index in [0.29, 0.717) is 25.4 Å². The van der Waals surface area contributed by atoms with Gasteiger partial charge in [0.25, 0.3) is 5.91 Å². The van der Waals surface area contributed by atoms with Crippen molar-refractivity contribution in [2.24, 2.45) is 11.8 Å². The number of carboxylic acids is 1. The molecule has 8 heteroatoms. The molecule has 27 heavy (non-hydrogen) atoms. The summed E-state index contributed by atoms with van der Waals surface area (Å²) in [6.45, 7) is 6.79. The second-order valence-electron chi connectivity index (χ2n) is 7.63. The third-order valence-electron chi connectivity index (χ3n) is 4.68. The van der Waals surface area contributed by atoms with E-state index >= 15 is 0 Å². The van der Waals surface area contributed by atoms with E-state index in [2.05, 4.69) is 5.32 Å². The summed E-state index contributed by atoms with van der Waals surface area (Å²) in [5, 5.41) is 11.7. The highest BCUT2D eigenvalue weighted by Crippen LogP contribution is 2.23.